The molecule has 2 atom stereocenters. The summed E-state index contributed by atoms with van der Waals surface area (Å²) in [5.41, 5.74) is 0.0889. The van der Waals surface area contributed by atoms with E-state index in [1.54, 1.807) is 0 Å². The first kappa shape index (κ1) is 8.57. The topological polar surface area (TPSA) is 26.3 Å². The lowest BCUT2D eigenvalue weighted by molar-refractivity contribution is -0.145. The van der Waals surface area contributed by atoms with Crippen LogP contribution in [0.5, 0.6) is 0 Å². The number of hydrogen-bond acceptors (Lipinski definition) is 2. The highest BCUT2D eigenvalue weighted by atomic mass is 16.6. The number of carbonyl (C=O) groups excluding carboxylic acids is 1. The van der Waals surface area contributed by atoms with Gasteiger partial charge in [-0.1, -0.05) is 27.7 Å². The molecular weight excluding hydrogens is 140 g/mol. The fourth-order valence-corrected chi connectivity index (χ4v) is 1.71. The maximum Gasteiger partial charge on any atom is 0.306 e. The lowest BCUT2D eigenvalue weighted by Gasteiger charge is -2.28. The number of esters is 1. The molecule has 1 aliphatic rings. The summed E-state index contributed by atoms with van der Waals surface area (Å²) in [6.45, 7) is 8.38. The molecule has 0 aromatic heterocycles. The molecule has 0 amide bonds. The van der Waals surface area contributed by atoms with Crippen LogP contribution in [0.25, 0.3) is 0 Å². The van der Waals surface area contributed by atoms with E-state index in [9.17, 15) is 4.79 Å². The molecule has 0 N–H and O–H groups in total. The van der Waals surface area contributed by atoms with Crippen LogP contribution in [0.3, 0.4) is 0 Å². The van der Waals surface area contributed by atoms with Crippen molar-refractivity contribution in [3.63, 3.8) is 0 Å². The molecule has 1 heterocycles. The van der Waals surface area contributed by atoms with Crippen LogP contribution in [0, 0.1) is 11.3 Å². The number of ether oxygens (including phenoxy) is 1. The molecule has 0 unspecified atom stereocenters. The molecule has 1 rings (SSSR count). The minimum Gasteiger partial charge on any atom is -0.461 e. The van der Waals surface area contributed by atoms with E-state index in [-0.39, 0.29) is 17.5 Å². The third-order valence-electron chi connectivity index (χ3n) is 2.12. The van der Waals surface area contributed by atoms with Gasteiger partial charge in [-0.3, -0.25) is 4.79 Å². The van der Waals surface area contributed by atoms with E-state index in [0.29, 0.717) is 12.3 Å². The lowest BCUT2D eigenvalue weighted by atomic mass is 9.82. The molecular formula is C9H16O2. The van der Waals surface area contributed by atoms with Crippen LogP contribution in [-0.4, -0.2) is 12.1 Å². The Morgan fingerprint density at radius 3 is 2.18 bits per heavy atom. The fraction of sp³-hybridized carbons (Fsp3) is 0.889. The Labute approximate surface area is 67.9 Å². The second-order valence-corrected chi connectivity index (χ2v) is 4.46. The van der Waals surface area contributed by atoms with Crippen molar-refractivity contribution in [3.8, 4) is 0 Å². The van der Waals surface area contributed by atoms with E-state index in [2.05, 4.69) is 27.7 Å². The monoisotopic (exact) mass is 156 g/mol. The standard InChI is InChI=1S/C9H16O2/c1-6-5-7(10)11-8(6)9(2,3)4/h6,8H,5H2,1-4H3/t6-,8+/m0/s1. The van der Waals surface area contributed by atoms with Crippen molar-refractivity contribution in [2.45, 2.75) is 40.2 Å². The van der Waals surface area contributed by atoms with Crippen molar-refractivity contribution in [2.24, 2.45) is 11.3 Å². The zero-order valence-electron chi connectivity index (χ0n) is 7.68. The zero-order chi connectivity index (χ0) is 8.65. The van der Waals surface area contributed by atoms with Gasteiger partial charge in [0.25, 0.3) is 0 Å². The van der Waals surface area contributed by atoms with Gasteiger partial charge in [-0.25, -0.2) is 0 Å². The van der Waals surface area contributed by atoms with Crippen molar-refractivity contribution in [3.05, 3.63) is 0 Å². The molecule has 0 aliphatic carbocycles. The van der Waals surface area contributed by atoms with Crippen LogP contribution >= 0.6 is 0 Å². The third kappa shape index (κ3) is 1.73. The number of carbonyl (C=O) groups is 1. The summed E-state index contributed by atoms with van der Waals surface area (Å²) in [5.74, 6) is 0.333. The molecule has 0 radical (unpaired) electrons. The number of hydrogen-bond donors (Lipinski definition) is 0. The Kier molecular flexibility index (Phi) is 1.95. The summed E-state index contributed by atoms with van der Waals surface area (Å²) in [4.78, 5) is 10.9. The van der Waals surface area contributed by atoms with E-state index in [1.807, 2.05) is 0 Å². The van der Waals surface area contributed by atoms with Gasteiger partial charge < -0.3 is 4.74 Å². The van der Waals surface area contributed by atoms with Gasteiger partial charge >= 0.3 is 5.97 Å². The van der Waals surface area contributed by atoms with Crippen molar-refractivity contribution < 1.29 is 9.53 Å². The van der Waals surface area contributed by atoms with Gasteiger partial charge in [-0.2, -0.15) is 0 Å². The van der Waals surface area contributed by atoms with Crippen molar-refractivity contribution in [1.29, 1.82) is 0 Å². The second kappa shape index (κ2) is 2.50. The second-order valence-electron chi connectivity index (χ2n) is 4.46. The number of cyclic esters (lactones) is 1. The Balaban J connectivity index is 2.67. The van der Waals surface area contributed by atoms with Crippen molar-refractivity contribution in [1.82, 2.24) is 0 Å². The van der Waals surface area contributed by atoms with Gasteiger partial charge in [0.05, 0.1) is 6.42 Å². The lowest BCUT2D eigenvalue weighted by Crippen LogP contribution is -2.30. The Morgan fingerprint density at radius 1 is 1.45 bits per heavy atom. The highest BCUT2D eigenvalue weighted by molar-refractivity contribution is 5.72. The van der Waals surface area contributed by atoms with Crippen LogP contribution in [0.15, 0.2) is 0 Å². The van der Waals surface area contributed by atoms with E-state index in [4.69, 9.17) is 4.74 Å². The minimum atomic E-state index is -0.0441. The maximum atomic E-state index is 10.9. The van der Waals surface area contributed by atoms with Gasteiger partial charge in [0.2, 0.25) is 0 Å². The molecule has 2 nitrogen and oxygen atoms in total. The fourth-order valence-electron chi connectivity index (χ4n) is 1.71. The van der Waals surface area contributed by atoms with Gasteiger partial charge in [-0.05, 0) is 5.41 Å². The molecule has 1 aliphatic heterocycles. The molecule has 64 valence electrons. The third-order valence-corrected chi connectivity index (χ3v) is 2.12. The smallest absolute Gasteiger partial charge is 0.306 e. The Bertz CT molecular complexity index is 167. The van der Waals surface area contributed by atoms with Crippen LogP contribution in [0.1, 0.15) is 34.1 Å². The maximum absolute atomic E-state index is 10.9. The summed E-state index contributed by atoms with van der Waals surface area (Å²) >= 11 is 0. The molecule has 0 spiro atoms. The summed E-state index contributed by atoms with van der Waals surface area (Å²) in [6, 6.07) is 0. The van der Waals surface area contributed by atoms with Crippen molar-refractivity contribution in [2.75, 3.05) is 0 Å². The Hall–Kier alpha value is -0.530. The average molecular weight is 156 g/mol. The van der Waals surface area contributed by atoms with Crippen LogP contribution < -0.4 is 0 Å². The predicted molar refractivity (Wildman–Crippen MR) is 43.1 cm³/mol. The van der Waals surface area contributed by atoms with E-state index in [1.165, 1.54) is 0 Å². The number of rotatable bonds is 0. The average Bonchev–Trinajstić information content (AvgIpc) is 2.08. The first-order valence-electron chi connectivity index (χ1n) is 4.11. The quantitative estimate of drug-likeness (QED) is 0.501. The molecule has 0 aromatic rings. The van der Waals surface area contributed by atoms with E-state index < -0.39 is 0 Å². The molecule has 1 saturated heterocycles. The molecule has 0 saturated carbocycles. The largest absolute Gasteiger partial charge is 0.461 e. The molecule has 0 bridgehead atoms. The van der Waals surface area contributed by atoms with E-state index >= 15 is 0 Å². The SMILES string of the molecule is C[C@H]1CC(=O)O[C@H]1C(C)(C)C. The predicted octanol–water partition coefficient (Wildman–Crippen LogP) is 1.98. The van der Waals surface area contributed by atoms with Crippen LogP contribution in [-0.2, 0) is 9.53 Å². The van der Waals surface area contributed by atoms with Gasteiger partial charge in [0.15, 0.2) is 0 Å². The highest BCUT2D eigenvalue weighted by Crippen LogP contribution is 2.34. The van der Waals surface area contributed by atoms with Gasteiger partial charge in [0.1, 0.15) is 6.10 Å². The summed E-state index contributed by atoms with van der Waals surface area (Å²) in [7, 11) is 0. The minimum absolute atomic E-state index is 0.0441. The summed E-state index contributed by atoms with van der Waals surface area (Å²) in [5, 5.41) is 0. The molecule has 1 fully saturated rings. The van der Waals surface area contributed by atoms with Gasteiger partial charge in [-0.15, -0.1) is 0 Å². The van der Waals surface area contributed by atoms with Gasteiger partial charge in [0, 0.05) is 5.92 Å². The summed E-state index contributed by atoms with van der Waals surface area (Å²) in [6.07, 6.45) is 0.692. The van der Waals surface area contributed by atoms with Crippen LogP contribution in [0.2, 0.25) is 0 Å². The zero-order valence-corrected chi connectivity index (χ0v) is 7.68. The van der Waals surface area contributed by atoms with Crippen molar-refractivity contribution >= 4 is 5.97 Å². The van der Waals surface area contributed by atoms with Crippen LogP contribution in [0.4, 0.5) is 0 Å². The first-order chi connectivity index (χ1) is 4.91. The Morgan fingerprint density at radius 2 is 2.00 bits per heavy atom. The molecule has 2 heteroatoms. The normalized spacial score (nSPS) is 32.2. The first-order valence-corrected chi connectivity index (χ1v) is 4.11. The van der Waals surface area contributed by atoms with E-state index in [0.717, 1.165) is 0 Å². The highest BCUT2D eigenvalue weighted by Gasteiger charge is 2.39. The molecule has 11 heavy (non-hydrogen) atoms. The molecule has 0 aromatic carbocycles. The summed E-state index contributed by atoms with van der Waals surface area (Å²) < 4.78 is 5.20.